The number of halogens is 1. The standard InChI is InChI=1S/C14H14ClN3/c15-11-5-8-3-1-2-4-12(8)17-14(11)18-13-9-6-16-7-10(9)13/h1-5,9-10,13,16H,6-7H2,(H,17,18)/t9-,10+,13+. The first kappa shape index (κ1) is 10.6. The van der Waals surface area contributed by atoms with Crippen molar-refractivity contribution in [2.24, 2.45) is 11.8 Å². The molecule has 1 aliphatic carbocycles. The highest BCUT2D eigenvalue weighted by atomic mass is 35.5. The average molecular weight is 260 g/mol. The number of hydrogen-bond acceptors (Lipinski definition) is 3. The summed E-state index contributed by atoms with van der Waals surface area (Å²) in [5.41, 5.74) is 0.994. The number of rotatable bonds is 2. The number of nitrogens with zero attached hydrogens (tertiary/aromatic N) is 1. The average Bonchev–Trinajstić information content (AvgIpc) is 2.83. The van der Waals surface area contributed by atoms with Crippen molar-refractivity contribution in [1.29, 1.82) is 0 Å². The lowest BCUT2D eigenvalue weighted by atomic mass is 10.2. The van der Waals surface area contributed by atoms with Gasteiger partial charge in [-0.2, -0.15) is 0 Å². The van der Waals surface area contributed by atoms with E-state index in [0.29, 0.717) is 11.1 Å². The Morgan fingerprint density at radius 2 is 2.00 bits per heavy atom. The fourth-order valence-corrected chi connectivity index (χ4v) is 3.20. The molecule has 3 atom stereocenters. The van der Waals surface area contributed by atoms with Crippen LogP contribution in [-0.2, 0) is 0 Å². The molecule has 2 fully saturated rings. The number of pyridine rings is 1. The molecule has 1 aliphatic heterocycles. The highest BCUT2D eigenvalue weighted by Crippen LogP contribution is 2.44. The summed E-state index contributed by atoms with van der Waals surface area (Å²) in [7, 11) is 0. The summed E-state index contributed by atoms with van der Waals surface area (Å²) in [6.45, 7) is 2.24. The van der Waals surface area contributed by atoms with Crippen LogP contribution >= 0.6 is 11.6 Å². The van der Waals surface area contributed by atoms with E-state index in [1.165, 1.54) is 0 Å². The second-order valence-electron chi connectivity index (χ2n) is 5.17. The van der Waals surface area contributed by atoms with Gasteiger partial charge in [0.05, 0.1) is 10.5 Å². The number of para-hydroxylation sites is 1. The lowest BCUT2D eigenvalue weighted by molar-refractivity contribution is 0.696. The second kappa shape index (κ2) is 3.84. The predicted octanol–water partition coefficient (Wildman–Crippen LogP) is 2.52. The third-order valence-electron chi connectivity index (χ3n) is 4.07. The van der Waals surface area contributed by atoms with Crippen molar-refractivity contribution < 1.29 is 0 Å². The Morgan fingerprint density at radius 3 is 2.83 bits per heavy atom. The molecule has 4 heteroatoms. The SMILES string of the molecule is Clc1cc2ccccc2nc1N[C@H]1[C@@H]2CNC[C@@H]21. The number of hydrogen-bond donors (Lipinski definition) is 2. The van der Waals surface area contributed by atoms with Crippen molar-refractivity contribution in [3.05, 3.63) is 35.4 Å². The van der Waals surface area contributed by atoms with Gasteiger partial charge in [-0.15, -0.1) is 0 Å². The molecule has 0 unspecified atom stereocenters. The molecule has 1 aromatic heterocycles. The molecule has 4 rings (SSSR count). The van der Waals surface area contributed by atoms with Crippen molar-refractivity contribution in [2.45, 2.75) is 6.04 Å². The number of aromatic nitrogens is 1. The minimum absolute atomic E-state index is 0.553. The van der Waals surface area contributed by atoms with Gasteiger partial charge in [0.25, 0.3) is 0 Å². The van der Waals surface area contributed by atoms with Gasteiger partial charge in [0, 0.05) is 24.5 Å². The number of piperidine rings is 1. The molecule has 0 radical (unpaired) electrons. The Hall–Kier alpha value is -1.32. The van der Waals surface area contributed by atoms with Gasteiger partial charge in [0.2, 0.25) is 0 Å². The Bertz CT molecular complexity index is 603. The summed E-state index contributed by atoms with van der Waals surface area (Å²) < 4.78 is 0. The molecule has 2 aliphatic rings. The molecule has 0 bridgehead atoms. The van der Waals surface area contributed by atoms with Crippen molar-refractivity contribution in [2.75, 3.05) is 18.4 Å². The Balaban J connectivity index is 1.66. The first-order valence-electron chi connectivity index (χ1n) is 6.35. The van der Waals surface area contributed by atoms with Gasteiger partial charge in [-0.25, -0.2) is 4.98 Å². The van der Waals surface area contributed by atoms with Gasteiger partial charge < -0.3 is 10.6 Å². The van der Waals surface area contributed by atoms with Crippen LogP contribution in [0.5, 0.6) is 0 Å². The molecule has 92 valence electrons. The Morgan fingerprint density at radius 1 is 1.22 bits per heavy atom. The molecule has 2 N–H and O–H groups in total. The smallest absolute Gasteiger partial charge is 0.145 e. The van der Waals surface area contributed by atoms with E-state index in [4.69, 9.17) is 11.6 Å². The number of fused-ring (bicyclic) bond motifs is 2. The van der Waals surface area contributed by atoms with Gasteiger partial charge in [-0.05, 0) is 24.0 Å². The van der Waals surface area contributed by atoms with E-state index in [2.05, 4.69) is 15.6 Å². The topological polar surface area (TPSA) is 37.0 Å². The summed E-state index contributed by atoms with van der Waals surface area (Å²) >= 11 is 6.29. The summed E-state index contributed by atoms with van der Waals surface area (Å²) in [5, 5.41) is 8.69. The zero-order valence-electron chi connectivity index (χ0n) is 9.86. The second-order valence-corrected chi connectivity index (χ2v) is 5.57. The van der Waals surface area contributed by atoms with E-state index >= 15 is 0 Å². The van der Waals surface area contributed by atoms with E-state index < -0.39 is 0 Å². The van der Waals surface area contributed by atoms with Gasteiger partial charge in [0.15, 0.2) is 0 Å². The van der Waals surface area contributed by atoms with Gasteiger partial charge in [0.1, 0.15) is 5.82 Å². The maximum Gasteiger partial charge on any atom is 0.145 e. The van der Waals surface area contributed by atoms with Crippen molar-refractivity contribution in [1.82, 2.24) is 10.3 Å². The van der Waals surface area contributed by atoms with Crippen LogP contribution < -0.4 is 10.6 Å². The summed E-state index contributed by atoms with van der Waals surface area (Å²) in [5.74, 6) is 2.35. The summed E-state index contributed by atoms with van der Waals surface area (Å²) in [4.78, 5) is 4.62. The van der Waals surface area contributed by atoms with Crippen LogP contribution in [0.15, 0.2) is 30.3 Å². The van der Waals surface area contributed by atoms with Gasteiger partial charge >= 0.3 is 0 Å². The molecular weight excluding hydrogens is 246 g/mol. The summed E-state index contributed by atoms with van der Waals surface area (Å²) in [6, 6.07) is 10.6. The highest BCUT2D eigenvalue weighted by Gasteiger charge is 2.53. The van der Waals surface area contributed by atoms with E-state index in [1.54, 1.807) is 0 Å². The van der Waals surface area contributed by atoms with Crippen LogP contribution in [0, 0.1) is 11.8 Å². The minimum Gasteiger partial charge on any atom is -0.365 e. The molecular formula is C14H14ClN3. The molecule has 2 heterocycles. The molecule has 18 heavy (non-hydrogen) atoms. The van der Waals surface area contributed by atoms with Crippen LogP contribution in [0.3, 0.4) is 0 Å². The molecule has 3 nitrogen and oxygen atoms in total. The van der Waals surface area contributed by atoms with Crippen LogP contribution in [-0.4, -0.2) is 24.1 Å². The third kappa shape index (κ3) is 1.58. The van der Waals surface area contributed by atoms with Gasteiger partial charge in [-0.1, -0.05) is 29.8 Å². The molecule has 0 amide bonds. The maximum atomic E-state index is 6.29. The molecule has 1 saturated heterocycles. The van der Waals surface area contributed by atoms with E-state index in [-0.39, 0.29) is 0 Å². The minimum atomic E-state index is 0.553. The first-order valence-corrected chi connectivity index (χ1v) is 6.73. The zero-order valence-corrected chi connectivity index (χ0v) is 10.6. The fourth-order valence-electron chi connectivity index (χ4n) is 2.98. The largest absolute Gasteiger partial charge is 0.365 e. The summed E-state index contributed by atoms with van der Waals surface area (Å²) in [6.07, 6.45) is 0. The van der Waals surface area contributed by atoms with Crippen LogP contribution in [0.25, 0.3) is 10.9 Å². The van der Waals surface area contributed by atoms with E-state index in [0.717, 1.165) is 41.6 Å². The highest BCUT2D eigenvalue weighted by molar-refractivity contribution is 6.33. The molecule has 1 saturated carbocycles. The predicted molar refractivity (Wildman–Crippen MR) is 74.0 cm³/mol. The number of anilines is 1. The molecule has 2 aromatic rings. The fraction of sp³-hybridized carbons (Fsp3) is 0.357. The first-order chi connectivity index (χ1) is 8.83. The Labute approximate surface area is 111 Å². The Kier molecular flexibility index (Phi) is 2.26. The van der Waals surface area contributed by atoms with Crippen LogP contribution in [0.1, 0.15) is 0 Å². The quantitative estimate of drug-likeness (QED) is 0.870. The van der Waals surface area contributed by atoms with Crippen molar-refractivity contribution in [3.63, 3.8) is 0 Å². The third-order valence-corrected chi connectivity index (χ3v) is 4.36. The maximum absolute atomic E-state index is 6.29. The molecule has 1 aromatic carbocycles. The number of benzene rings is 1. The van der Waals surface area contributed by atoms with Crippen LogP contribution in [0.4, 0.5) is 5.82 Å². The normalized spacial score (nSPS) is 29.3. The molecule has 0 spiro atoms. The van der Waals surface area contributed by atoms with Crippen LogP contribution in [0.2, 0.25) is 5.02 Å². The van der Waals surface area contributed by atoms with Crippen molar-refractivity contribution >= 4 is 28.3 Å². The zero-order chi connectivity index (χ0) is 12.1. The number of nitrogens with one attached hydrogen (secondary N) is 2. The monoisotopic (exact) mass is 259 g/mol. The van der Waals surface area contributed by atoms with Gasteiger partial charge in [-0.3, -0.25) is 0 Å². The van der Waals surface area contributed by atoms with E-state index in [9.17, 15) is 0 Å². The van der Waals surface area contributed by atoms with E-state index in [1.807, 2.05) is 30.3 Å². The lowest BCUT2D eigenvalue weighted by Crippen LogP contribution is -2.21. The van der Waals surface area contributed by atoms with Crippen molar-refractivity contribution in [3.8, 4) is 0 Å². The lowest BCUT2D eigenvalue weighted by Gasteiger charge is -2.10.